The van der Waals surface area contributed by atoms with E-state index in [9.17, 15) is 13.2 Å². The van der Waals surface area contributed by atoms with E-state index in [1.807, 2.05) is 32.0 Å². The minimum atomic E-state index is -3.63. The van der Waals surface area contributed by atoms with Crippen LogP contribution in [0.3, 0.4) is 0 Å². The molecule has 1 amide bonds. The normalized spacial score (nSPS) is 11.3. The van der Waals surface area contributed by atoms with Crippen molar-refractivity contribution in [3.63, 3.8) is 0 Å². The number of nitrogens with one attached hydrogen (secondary N) is 2. The fourth-order valence-electron chi connectivity index (χ4n) is 2.78. The second-order valence-electron chi connectivity index (χ2n) is 6.70. The van der Waals surface area contributed by atoms with Crippen molar-refractivity contribution in [2.24, 2.45) is 0 Å². The highest BCUT2D eigenvalue weighted by Gasteiger charge is 2.16. The predicted octanol–water partition coefficient (Wildman–Crippen LogP) is 3.71. The van der Waals surface area contributed by atoms with Gasteiger partial charge in [-0.15, -0.1) is 0 Å². The van der Waals surface area contributed by atoms with Gasteiger partial charge < -0.3 is 5.32 Å². The minimum absolute atomic E-state index is 0.0425. The van der Waals surface area contributed by atoms with Crippen molar-refractivity contribution < 1.29 is 13.2 Å². The molecule has 3 aromatic rings. The zero-order chi connectivity index (χ0) is 21.9. The summed E-state index contributed by atoms with van der Waals surface area (Å²) in [5, 5.41) is 3.48. The van der Waals surface area contributed by atoms with Crippen LogP contribution < -0.4 is 10.0 Å². The van der Waals surface area contributed by atoms with E-state index >= 15 is 0 Å². The molecule has 3 rings (SSSR count). The lowest BCUT2D eigenvalue weighted by Crippen LogP contribution is -2.20. The Bertz CT molecular complexity index is 1170. The van der Waals surface area contributed by atoms with E-state index in [1.54, 1.807) is 25.1 Å². The molecule has 0 atom stereocenters. The fourth-order valence-corrected chi connectivity index (χ4v) is 4.40. The number of carbonyl (C=O) groups excluding carboxylic acids is 1. The molecule has 0 saturated heterocycles. The molecule has 9 heteroatoms. The predicted molar refractivity (Wildman–Crippen MR) is 117 cm³/mol. The van der Waals surface area contributed by atoms with Crippen LogP contribution in [0, 0.1) is 20.8 Å². The Balaban J connectivity index is 1.75. The number of aromatic nitrogens is 2. The quantitative estimate of drug-likeness (QED) is 0.565. The SMILES string of the molecule is CNS(=O)(=O)c1ccc(C)c(C(=O)Nc2ccc(Sc3nc(C)cc(C)n3)cc2)c1. The van der Waals surface area contributed by atoms with Crippen LogP contribution in [0.2, 0.25) is 0 Å². The first kappa shape index (κ1) is 21.9. The summed E-state index contributed by atoms with van der Waals surface area (Å²) in [6.07, 6.45) is 0. The van der Waals surface area contributed by atoms with Gasteiger partial charge in [-0.1, -0.05) is 6.07 Å². The van der Waals surface area contributed by atoms with Gasteiger partial charge in [0, 0.05) is 27.5 Å². The van der Waals surface area contributed by atoms with Crippen molar-refractivity contribution in [3.8, 4) is 0 Å². The summed E-state index contributed by atoms with van der Waals surface area (Å²) in [4.78, 5) is 22.5. The van der Waals surface area contributed by atoms with Crippen LogP contribution in [-0.2, 0) is 10.0 Å². The van der Waals surface area contributed by atoms with Crippen molar-refractivity contribution in [1.82, 2.24) is 14.7 Å². The largest absolute Gasteiger partial charge is 0.322 e. The standard InChI is InChI=1S/C21H22N4O3S2/c1-13-5-10-18(30(27,28)22-4)12-19(13)20(26)25-16-6-8-17(9-7-16)29-21-23-14(2)11-15(3)24-21/h5-12,22H,1-4H3,(H,25,26). The van der Waals surface area contributed by atoms with Gasteiger partial charge in [-0.2, -0.15) is 0 Å². The first-order chi connectivity index (χ1) is 14.2. The van der Waals surface area contributed by atoms with Crippen LogP contribution in [-0.4, -0.2) is 31.3 Å². The van der Waals surface area contributed by atoms with Gasteiger partial charge >= 0.3 is 0 Å². The second kappa shape index (κ2) is 8.95. The Kier molecular flexibility index (Phi) is 6.55. The highest BCUT2D eigenvalue weighted by Crippen LogP contribution is 2.26. The van der Waals surface area contributed by atoms with Crippen LogP contribution in [0.1, 0.15) is 27.3 Å². The molecule has 0 unspecified atom stereocenters. The van der Waals surface area contributed by atoms with Gasteiger partial charge in [0.1, 0.15) is 0 Å². The molecule has 0 aliphatic rings. The van der Waals surface area contributed by atoms with Gasteiger partial charge in [0.2, 0.25) is 10.0 Å². The molecule has 156 valence electrons. The molecule has 0 saturated carbocycles. The van der Waals surface area contributed by atoms with Gasteiger partial charge in [0.05, 0.1) is 4.90 Å². The molecular weight excluding hydrogens is 420 g/mol. The highest BCUT2D eigenvalue weighted by atomic mass is 32.2. The number of nitrogens with zero attached hydrogens (tertiary/aromatic N) is 2. The van der Waals surface area contributed by atoms with Crippen molar-refractivity contribution in [1.29, 1.82) is 0 Å². The lowest BCUT2D eigenvalue weighted by Gasteiger charge is -2.10. The Morgan fingerprint density at radius 3 is 2.17 bits per heavy atom. The zero-order valence-electron chi connectivity index (χ0n) is 17.1. The Labute approximate surface area is 180 Å². The van der Waals surface area contributed by atoms with Gasteiger partial charge in [0.15, 0.2) is 5.16 Å². The van der Waals surface area contributed by atoms with Gasteiger partial charge in [-0.05, 0) is 87.6 Å². The maximum Gasteiger partial charge on any atom is 0.255 e. The van der Waals surface area contributed by atoms with Gasteiger partial charge in [-0.3, -0.25) is 4.79 Å². The molecule has 0 fully saturated rings. The van der Waals surface area contributed by atoms with E-state index < -0.39 is 10.0 Å². The van der Waals surface area contributed by atoms with Crippen molar-refractivity contribution in [3.05, 3.63) is 71.0 Å². The second-order valence-corrected chi connectivity index (χ2v) is 9.63. The number of aryl methyl sites for hydroxylation is 3. The molecular formula is C21H22N4O3S2. The highest BCUT2D eigenvalue weighted by molar-refractivity contribution is 7.99. The molecule has 0 aliphatic heterocycles. The number of amides is 1. The summed E-state index contributed by atoms with van der Waals surface area (Å²) in [6.45, 7) is 5.61. The number of hydrogen-bond acceptors (Lipinski definition) is 6. The van der Waals surface area contributed by atoms with Crippen molar-refractivity contribution >= 4 is 33.4 Å². The molecule has 1 heterocycles. The summed E-state index contributed by atoms with van der Waals surface area (Å²) >= 11 is 1.44. The van der Waals surface area contributed by atoms with Crippen LogP contribution >= 0.6 is 11.8 Å². The number of sulfonamides is 1. The van der Waals surface area contributed by atoms with Crippen molar-refractivity contribution in [2.75, 3.05) is 12.4 Å². The lowest BCUT2D eigenvalue weighted by molar-refractivity contribution is 0.102. The Morgan fingerprint density at radius 2 is 1.57 bits per heavy atom. The van der Waals surface area contributed by atoms with E-state index in [2.05, 4.69) is 20.0 Å². The number of rotatable bonds is 6. The first-order valence-corrected chi connectivity index (χ1v) is 11.4. The van der Waals surface area contributed by atoms with Gasteiger partial charge in [0.25, 0.3) is 5.91 Å². The molecule has 0 bridgehead atoms. The van der Waals surface area contributed by atoms with E-state index in [-0.39, 0.29) is 10.8 Å². The lowest BCUT2D eigenvalue weighted by atomic mass is 10.1. The summed E-state index contributed by atoms with van der Waals surface area (Å²) in [6, 6.07) is 13.7. The molecule has 30 heavy (non-hydrogen) atoms. The number of hydrogen-bond donors (Lipinski definition) is 2. The smallest absolute Gasteiger partial charge is 0.255 e. The summed E-state index contributed by atoms with van der Waals surface area (Å²) < 4.78 is 26.3. The molecule has 0 radical (unpaired) electrons. The average molecular weight is 443 g/mol. The maximum absolute atomic E-state index is 12.7. The van der Waals surface area contributed by atoms with Crippen molar-refractivity contribution in [2.45, 2.75) is 35.7 Å². The topological polar surface area (TPSA) is 101 Å². The summed E-state index contributed by atoms with van der Waals surface area (Å²) in [5.74, 6) is -0.376. The van der Waals surface area contributed by atoms with Crippen LogP contribution in [0.4, 0.5) is 5.69 Å². The van der Waals surface area contributed by atoms with Crippen LogP contribution in [0.15, 0.2) is 63.5 Å². The number of anilines is 1. The average Bonchev–Trinajstić information content (AvgIpc) is 2.69. The first-order valence-electron chi connectivity index (χ1n) is 9.14. The molecule has 2 N–H and O–H groups in total. The monoisotopic (exact) mass is 442 g/mol. The van der Waals surface area contributed by atoms with E-state index in [0.717, 1.165) is 16.3 Å². The fraction of sp³-hybridized carbons (Fsp3) is 0.190. The number of benzene rings is 2. The van der Waals surface area contributed by atoms with E-state index in [4.69, 9.17) is 0 Å². The summed E-state index contributed by atoms with van der Waals surface area (Å²) in [5.41, 5.74) is 3.40. The Morgan fingerprint density at radius 1 is 0.933 bits per heavy atom. The molecule has 1 aromatic heterocycles. The van der Waals surface area contributed by atoms with E-state index in [1.165, 1.54) is 30.9 Å². The molecule has 7 nitrogen and oxygen atoms in total. The van der Waals surface area contributed by atoms with Crippen LogP contribution in [0.5, 0.6) is 0 Å². The Hall–Kier alpha value is -2.75. The van der Waals surface area contributed by atoms with Crippen LogP contribution in [0.25, 0.3) is 0 Å². The third-order valence-electron chi connectivity index (χ3n) is 4.32. The maximum atomic E-state index is 12.7. The molecule has 2 aromatic carbocycles. The minimum Gasteiger partial charge on any atom is -0.322 e. The zero-order valence-corrected chi connectivity index (χ0v) is 18.7. The molecule has 0 spiro atoms. The third-order valence-corrected chi connectivity index (χ3v) is 6.60. The van der Waals surface area contributed by atoms with E-state index in [0.29, 0.717) is 22.0 Å². The summed E-state index contributed by atoms with van der Waals surface area (Å²) in [7, 11) is -2.30. The van der Waals surface area contributed by atoms with Gasteiger partial charge in [-0.25, -0.2) is 23.1 Å². The third kappa shape index (κ3) is 5.24. The number of carbonyl (C=O) groups is 1. The molecule has 0 aliphatic carbocycles.